The minimum absolute atomic E-state index is 1.05. The van der Waals surface area contributed by atoms with Gasteiger partial charge in [-0.25, -0.2) is 0 Å². The lowest BCUT2D eigenvalue weighted by Gasteiger charge is -2.03. The van der Waals surface area contributed by atoms with E-state index in [1.165, 1.54) is 0 Å². The summed E-state index contributed by atoms with van der Waals surface area (Å²) in [4.78, 5) is -3.30. The summed E-state index contributed by atoms with van der Waals surface area (Å²) in [6.45, 7) is 0. The van der Waals surface area contributed by atoms with Crippen LogP contribution in [-0.4, -0.2) is 19.0 Å². The summed E-state index contributed by atoms with van der Waals surface area (Å²) < 4.78 is 54.3. The molecule has 0 aliphatic rings. The van der Waals surface area contributed by atoms with Gasteiger partial charge >= 0.3 is 15.1 Å². The Labute approximate surface area is 64.8 Å². The van der Waals surface area contributed by atoms with Crippen molar-refractivity contribution in [1.29, 1.82) is 0 Å². The Bertz CT molecular complexity index is 194. The Morgan fingerprint density at radius 2 is 1.80 bits per heavy atom. The maximum Gasteiger partial charge on any atom is 0.302 e. The van der Waals surface area contributed by atoms with Crippen molar-refractivity contribution in [3.63, 3.8) is 0 Å². The fourth-order valence-corrected chi connectivity index (χ4v) is 1.20. The first kappa shape index (κ1) is 10.2. The fraction of sp³-hybridized carbons (Fsp3) is 1.00. The molecule has 0 N–H and O–H groups in total. The number of hydrogen-bond donors (Lipinski definition) is 0. The van der Waals surface area contributed by atoms with Crippen LogP contribution in [0.2, 0.25) is 0 Å². The molecule has 0 aromatic rings. The molecule has 0 spiro atoms. The van der Waals surface area contributed by atoms with E-state index >= 15 is 0 Å². The minimum atomic E-state index is -4.77. The predicted octanol–water partition coefficient (Wildman–Crippen LogP) is 1.66. The van der Waals surface area contributed by atoms with E-state index in [1.807, 2.05) is 15.9 Å². The summed E-state index contributed by atoms with van der Waals surface area (Å²) in [6.07, 6.45) is -1.05. The standard InChI is InChI=1S/C3H4BrF3O2S/c4-3(5,6)1-2-10(7,8)9/h1-2H2. The van der Waals surface area contributed by atoms with Gasteiger partial charge < -0.3 is 0 Å². The number of hydrogen-bond acceptors (Lipinski definition) is 2. The van der Waals surface area contributed by atoms with E-state index in [2.05, 4.69) is 0 Å². The summed E-state index contributed by atoms with van der Waals surface area (Å²) in [7, 11) is -4.77. The first-order valence-electron chi connectivity index (χ1n) is 2.20. The minimum Gasteiger partial charge on any atom is -0.195 e. The second kappa shape index (κ2) is 3.08. The summed E-state index contributed by atoms with van der Waals surface area (Å²) in [6, 6.07) is 0. The molecule has 0 heterocycles. The molecule has 0 aromatic carbocycles. The molecular weight excluding hydrogens is 237 g/mol. The third kappa shape index (κ3) is 8.22. The summed E-state index contributed by atoms with van der Waals surface area (Å²) >= 11 is 1.87. The summed E-state index contributed by atoms with van der Waals surface area (Å²) in [5.74, 6) is -1.16. The Hall–Kier alpha value is 0.220. The monoisotopic (exact) mass is 240 g/mol. The highest BCUT2D eigenvalue weighted by molar-refractivity contribution is 9.10. The van der Waals surface area contributed by atoms with Crippen molar-refractivity contribution in [3.8, 4) is 0 Å². The van der Waals surface area contributed by atoms with Crippen molar-refractivity contribution < 1.29 is 21.1 Å². The Morgan fingerprint density at radius 3 is 1.90 bits per heavy atom. The lowest BCUT2D eigenvalue weighted by Crippen LogP contribution is -2.11. The van der Waals surface area contributed by atoms with Crippen LogP contribution in [0.3, 0.4) is 0 Å². The van der Waals surface area contributed by atoms with Crippen LogP contribution in [-0.2, 0) is 10.2 Å². The number of alkyl halides is 3. The molecule has 62 valence electrons. The van der Waals surface area contributed by atoms with Gasteiger partial charge in [-0.15, -0.1) is 3.89 Å². The first-order chi connectivity index (χ1) is 4.21. The average Bonchev–Trinajstić information content (AvgIpc) is 1.57. The molecule has 0 bridgehead atoms. The highest BCUT2D eigenvalue weighted by Gasteiger charge is 2.26. The van der Waals surface area contributed by atoms with Crippen LogP contribution < -0.4 is 0 Å². The molecule has 0 radical (unpaired) electrons. The van der Waals surface area contributed by atoms with E-state index in [4.69, 9.17) is 0 Å². The van der Waals surface area contributed by atoms with Crippen LogP contribution in [0.15, 0.2) is 0 Å². The highest BCUT2D eigenvalue weighted by atomic mass is 79.9. The van der Waals surface area contributed by atoms with Gasteiger partial charge in [-0.05, 0) is 15.9 Å². The zero-order chi connectivity index (χ0) is 8.41. The van der Waals surface area contributed by atoms with Crippen molar-refractivity contribution in [1.82, 2.24) is 0 Å². The Morgan fingerprint density at radius 1 is 1.40 bits per heavy atom. The third-order valence-electron chi connectivity index (χ3n) is 0.629. The molecule has 7 heteroatoms. The van der Waals surface area contributed by atoms with Crippen LogP contribution in [0.1, 0.15) is 6.42 Å². The van der Waals surface area contributed by atoms with Crippen molar-refractivity contribution in [2.45, 2.75) is 11.3 Å². The molecular formula is C3H4BrF3O2S. The molecule has 0 fully saturated rings. The maximum atomic E-state index is 11.7. The Kier molecular flexibility index (Phi) is 3.15. The SMILES string of the molecule is O=S(=O)(F)CCC(F)(F)Br. The lowest BCUT2D eigenvalue weighted by molar-refractivity contribution is 0.111. The van der Waals surface area contributed by atoms with E-state index in [9.17, 15) is 21.1 Å². The van der Waals surface area contributed by atoms with Crippen LogP contribution >= 0.6 is 15.9 Å². The zero-order valence-electron chi connectivity index (χ0n) is 4.65. The van der Waals surface area contributed by atoms with Crippen LogP contribution in [0.4, 0.5) is 12.7 Å². The number of halogens is 4. The molecule has 0 saturated heterocycles. The van der Waals surface area contributed by atoms with Crippen LogP contribution in [0.5, 0.6) is 0 Å². The van der Waals surface area contributed by atoms with Gasteiger partial charge in [0.2, 0.25) is 0 Å². The molecule has 0 amide bonds. The molecule has 0 aromatic heterocycles. The van der Waals surface area contributed by atoms with Gasteiger partial charge in [-0.1, -0.05) is 0 Å². The first-order valence-corrected chi connectivity index (χ1v) is 4.54. The van der Waals surface area contributed by atoms with Gasteiger partial charge in [0.05, 0.1) is 5.75 Å². The quantitative estimate of drug-likeness (QED) is 0.556. The van der Waals surface area contributed by atoms with Gasteiger partial charge in [0.1, 0.15) is 0 Å². The average molecular weight is 241 g/mol. The molecule has 0 aliphatic heterocycles. The van der Waals surface area contributed by atoms with E-state index in [1.54, 1.807) is 0 Å². The van der Waals surface area contributed by atoms with E-state index in [0.29, 0.717) is 0 Å². The van der Waals surface area contributed by atoms with E-state index < -0.39 is 27.2 Å². The largest absolute Gasteiger partial charge is 0.302 e. The van der Waals surface area contributed by atoms with Gasteiger partial charge in [0.25, 0.3) is 0 Å². The second-order valence-corrected chi connectivity index (χ2v) is 4.25. The fourth-order valence-electron chi connectivity index (χ4n) is 0.238. The smallest absolute Gasteiger partial charge is 0.195 e. The van der Waals surface area contributed by atoms with Crippen molar-refractivity contribution in [3.05, 3.63) is 0 Å². The van der Waals surface area contributed by atoms with E-state index in [-0.39, 0.29) is 0 Å². The lowest BCUT2D eigenvalue weighted by atomic mass is 10.5. The topological polar surface area (TPSA) is 34.1 Å². The molecule has 0 unspecified atom stereocenters. The molecule has 10 heavy (non-hydrogen) atoms. The van der Waals surface area contributed by atoms with Gasteiger partial charge in [0, 0.05) is 6.42 Å². The van der Waals surface area contributed by atoms with Crippen LogP contribution in [0.25, 0.3) is 0 Å². The van der Waals surface area contributed by atoms with Gasteiger partial charge in [-0.2, -0.15) is 17.2 Å². The molecule has 0 rings (SSSR count). The normalized spacial score (nSPS) is 13.6. The van der Waals surface area contributed by atoms with Gasteiger partial charge in [0.15, 0.2) is 0 Å². The molecule has 2 nitrogen and oxygen atoms in total. The van der Waals surface area contributed by atoms with Gasteiger partial charge in [-0.3, -0.25) is 0 Å². The molecule has 0 atom stereocenters. The highest BCUT2D eigenvalue weighted by Crippen LogP contribution is 2.26. The zero-order valence-corrected chi connectivity index (χ0v) is 7.05. The Balaban J connectivity index is 3.79. The molecule has 0 aliphatic carbocycles. The third-order valence-corrected chi connectivity index (χ3v) is 1.72. The second-order valence-electron chi connectivity index (χ2n) is 1.61. The van der Waals surface area contributed by atoms with E-state index in [0.717, 1.165) is 0 Å². The van der Waals surface area contributed by atoms with Crippen molar-refractivity contribution >= 4 is 26.2 Å². The summed E-state index contributed by atoms with van der Waals surface area (Å²) in [5.41, 5.74) is 0. The summed E-state index contributed by atoms with van der Waals surface area (Å²) in [5, 5.41) is 0. The van der Waals surface area contributed by atoms with Crippen molar-refractivity contribution in [2.75, 3.05) is 5.75 Å². The number of rotatable bonds is 3. The van der Waals surface area contributed by atoms with Crippen molar-refractivity contribution in [2.24, 2.45) is 0 Å². The van der Waals surface area contributed by atoms with Crippen LogP contribution in [0, 0.1) is 0 Å². The molecule has 0 saturated carbocycles. The maximum absolute atomic E-state index is 11.7. The predicted molar refractivity (Wildman–Crippen MR) is 33.4 cm³/mol.